The number of aryl methyl sites for hydroxylation is 1. The van der Waals surface area contributed by atoms with Crippen LogP contribution in [0.1, 0.15) is 36.7 Å². The van der Waals surface area contributed by atoms with Gasteiger partial charge in [-0.1, -0.05) is 46.3 Å². The lowest BCUT2D eigenvalue weighted by atomic mass is 10.2. The van der Waals surface area contributed by atoms with Crippen molar-refractivity contribution in [2.24, 2.45) is 0 Å². The molecule has 0 N–H and O–H groups in total. The van der Waals surface area contributed by atoms with Crippen LogP contribution >= 0.6 is 15.9 Å². The number of nitrogens with zero attached hydrogens (tertiary/aromatic N) is 3. The molecule has 0 bridgehead atoms. The van der Waals surface area contributed by atoms with Gasteiger partial charge in [0.1, 0.15) is 5.82 Å². The van der Waals surface area contributed by atoms with Gasteiger partial charge in [0.05, 0.1) is 10.9 Å². The highest BCUT2D eigenvalue weighted by molar-refractivity contribution is 9.10. The zero-order valence-corrected chi connectivity index (χ0v) is 17.4. The molecule has 0 spiro atoms. The van der Waals surface area contributed by atoms with Crippen molar-refractivity contribution in [3.8, 4) is 0 Å². The lowest BCUT2D eigenvalue weighted by molar-refractivity contribution is -0.130. The summed E-state index contributed by atoms with van der Waals surface area (Å²) in [6, 6.07) is 15.6. The highest BCUT2D eigenvalue weighted by Crippen LogP contribution is 2.35. The first-order valence-corrected chi connectivity index (χ1v) is 10.3. The van der Waals surface area contributed by atoms with Crippen LogP contribution in [0.4, 0.5) is 0 Å². The van der Waals surface area contributed by atoms with Gasteiger partial charge in [0, 0.05) is 36.9 Å². The maximum Gasteiger partial charge on any atom is 0.261 e. The normalized spacial score (nSPS) is 13.6. The van der Waals surface area contributed by atoms with Gasteiger partial charge in [0.2, 0.25) is 5.91 Å². The maximum absolute atomic E-state index is 12.9. The molecule has 0 saturated heterocycles. The second-order valence-electron chi connectivity index (χ2n) is 7.29. The van der Waals surface area contributed by atoms with Gasteiger partial charge in [-0.25, -0.2) is 4.98 Å². The van der Waals surface area contributed by atoms with Crippen molar-refractivity contribution < 1.29 is 4.79 Å². The van der Waals surface area contributed by atoms with Gasteiger partial charge in [-0.3, -0.25) is 14.2 Å². The Morgan fingerprint density at radius 2 is 1.89 bits per heavy atom. The van der Waals surface area contributed by atoms with Gasteiger partial charge in [-0.05, 0) is 36.6 Å². The predicted octanol–water partition coefficient (Wildman–Crippen LogP) is 4.09. The first-order valence-electron chi connectivity index (χ1n) is 9.52. The molecule has 0 atom stereocenters. The number of carbonyl (C=O) groups is 1. The van der Waals surface area contributed by atoms with E-state index in [1.165, 1.54) is 0 Å². The second-order valence-corrected chi connectivity index (χ2v) is 8.15. The minimum absolute atomic E-state index is 0.0112. The van der Waals surface area contributed by atoms with Crippen LogP contribution in [0.2, 0.25) is 0 Å². The third-order valence-electron chi connectivity index (χ3n) is 5.15. The molecule has 4 rings (SSSR count). The zero-order valence-electron chi connectivity index (χ0n) is 15.8. The Morgan fingerprint density at radius 3 is 2.64 bits per heavy atom. The van der Waals surface area contributed by atoms with Crippen LogP contribution in [0.5, 0.6) is 0 Å². The molecule has 0 radical (unpaired) electrons. The molecule has 5 nitrogen and oxygen atoms in total. The molecule has 6 heteroatoms. The number of halogens is 1. The molecule has 1 heterocycles. The molecule has 0 unspecified atom stereocenters. The Kier molecular flexibility index (Phi) is 5.31. The van der Waals surface area contributed by atoms with Gasteiger partial charge < -0.3 is 4.90 Å². The van der Waals surface area contributed by atoms with E-state index in [-0.39, 0.29) is 17.5 Å². The minimum Gasteiger partial charge on any atom is -0.341 e. The number of amides is 1. The molecular weight excluding hydrogens is 418 g/mol. The van der Waals surface area contributed by atoms with E-state index in [4.69, 9.17) is 4.98 Å². The van der Waals surface area contributed by atoms with Crippen molar-refractivity contribution in [2.75, 3.05) is 7.05 Å². The summed E-state index contributed by atoms with van der Waals surface area (Å²) in [6.07, 6.45) is 2.81. The van der Waals surface area contributed by atoms with E-state index in [9.17, 15) is 9.59 Å². The van der Waals surface area contributed by atoms with Gasteiger partial charge in [-0.2, -0.15) is 0 Å². The number of aromatic nitrogens is 2. The number of para-hydroxylation sites is 1. The number of carbonyl (C=O) groups excluding carboxylic acids is 1. The van der Waals surface area contributed by atoms with Crippen molar-refractivity contribution in [1.29, 1.82) is 0 Å². The third-order valence-corrected chi connectivity index (χ3v) is 5.92. The summed E-state index contributed by atoms with van der Waals surface area (Å²) in [4.78, 5) is 32.0. The van der Waals surface area contributed by atoms with Crippen LogP contribution in [-0.2, 0) is 17.8 Å². The molecule has 28 heavy (non-hydrogen) atoms. The summed E-state index contributed by atoms with van der Waals surface area (Å²) in [5, 5.41) is 0.649. The van der Waals surface area contributed by atoms with E-state index in [0.29, 0.717) is 36.1 Å². The average molecular weight is 440 g/mol. The van der Waals surface area contributed by atoms with Gasteiger partial charge in [-0.15, -0.1) is 0 Å². The van der Waals surface area contributed by atoms with E-state index >= 15 is 0 Å². The lowest BCUT2D eigenvalue weighted by Crippen LogP contribution is -2.29. The van der Waals surface area contributed by atoms with Crippen LogP contribution in [0.3, 0.4) is 0 Å². The first-order chi connectivity index (χ1) is 13.5. The largest absolute Gasteiger partial charge is 0.341 e. The fourth-order valence-corrected chi connectivity index (χ4v) is 3.87. The molecule has 0 aliphatic heterocycles. The smallest absolute Gasteiger partial charge is 0.261 e. The number of benzene rings is 2. The maximum atomic E-state index is 12.9. The number of hydrogen-bond acceptors (Lipinski definition) is 3. The first kappa shape index (κ1) is 18.9. The summed E-state index contributed by atoms with van der Waals surface area (Å²) in [6.45, 7) is 0.542. The molecule has 1 fully saturated rings. The SMILES string of the molecule is CN(Cc1ccccc1Br)C(=O)CCc1nc2ccccc2c(=O)n1C1CC1. The zero-order chi connectivity index (χ0) is 19.7. The summed E-state index contributed by atoms with van der Waals surface area (Å²) in [5.74, 6) is 0.759. The van der Waals surface area contributed by atoms with Crippen molar-refractivity contribution in [3.63, 3.8) is 0 Å². The summed E-state index contributed by atoms with van der Waals surface area (Å²) in [5.41, 5.74) is 1.78. The van der Waals surface area contributed by atoms with Crippen LogP contribution in [0.25, 0.3) is 10.9 Å². The Morgan fingerprint density at radius 1 is 1.18 bits per heavy atom. The van der Waals surface area contributed by atoms with Crippen molar-refractivity contribution in [1.82, 2.24) is 14.5 Å². The van der Waals surface area contributed by atoms with Crippen molar-refractivity contribution in [2.45, 2.75) is 38.3 Å². The molecule has 1 aliphatic rings. The molecule has 144 valence electrons. The molecular formula is C22H22BrN3O2. The fraction of sp³-hybridized carbons (Fsp3) is 0.318. The van der Waals surface area contributed by atoms with Crippen LogP contribution < -0.4 is 5.56 Å². The van der Waals surface area contributed by atoms with E-state index in [1.54, 1.807) is 4.90 Å². The number of fused-ring (bicyclic) bond motifs is 1. The Hall–Kier alpha value is -2.47. The van der Waals surface area contributed by atoms with E-state index < -0.39 is 0 Å². The Labute approximate surface area is 172 Å². The van der Waals surface area contributed by atoms with E-state index in [1.807, 2.05) is 60.1 Å². The minimum atomic E-state index is 0.0112. The molecule has 2 aromatic carbocycles. The second kappa shape index (κ2) is 7.87. The van der Waals surface area contributed by atoms with Gasteiger partial charge in [0.15, 0.2) is 0 Å². The van der Waals surface area contributed by atoms with E-state index in [2.05, 4.69) is 15.9 Å². The summed E-state index contributed by atoms with van der Waals surface area (Å²) in [7, 11) is 1.81. The van der Waals surface area contributed by atoms with Crippen molar-refractivity contribution in [3.05, 3.63) is 74.7 Å². The highest BCUT2D eigenvalue weighted by atomic mass is 79.9. The summed E-state index contributed by atoms with van der Waals surface area (Å²) < 4.78 is 2.80. The van der Waals surface area contributed by atoms with Crippen LogP contribution in [-0.4, -0.2) is 27.4 Å². The quantitative estimate of drug-likeness (QED) is 0.581. The Balaban J connectivity index is 1.52. The number of rotatable bonds is 6. The lowest BCUT2D eigenvalue weighted by Gasteiger charge is -2.19. The monoisotopic (exact) mass is 439 g/mol. The third kappa shape index (κ3) is 3.87. The molecule has 3 aromatic rings. The molecule has 1 aromatic heterocycles. The fourth-order valence-electron chi connectivity index (χ4n) is 3.46. The summed E-state index contributed by atoms with van der Waals surface area (Å²) >= 11 is 3.53. The van der Waals surface area contributed by atoms with Gasteiger partial charge in [0.25, 0.3) is 5.56 Å². The predicted molar refractivity (Wildman–Crippen MR) is 113 cm³/mol. The molecule has 1 saturated carbocycles. The van der Waals surface area contributed by atoms with Crippen molar-refractivity contribution >= 4 is 32.7 Å². The molecule has 1 aliphatic carbocycles. The van der Waals surface area contributed by atoms with Crippen LogP contribution in [0, 0.1) is 0 Å². The number of hydrogen-bond donors (Lipinski definition) is 0. The topological polar surface area (TPSA) is 55.2 Å². The van der Waals surface area contributed by atoms with Crippen LogP contribution in [0.15, 0.2) is 57.8 Å². The molecule has 1 amide bonds. The van der Waals surface area contributed by atoms with Gasteiger partial charge >= 0.3 is 0 Å². The highest BCUT2D eigenvalue weighted by Gasteiger charge is 2.28. The average Bonchev–Trinajstić information content (AvgIpc) is 3.53. The standard InChI is InChI=1S/C22H22BrN3O2/c1-25(14-15-6-2-4-8-18(15)23)21(27)13-12-20-24-19-9-5-3-7-17(19)22(28)26(20)16-10-11-16/h2-9,16H,10-14H2,1H3. The van der Waals surface area contributed by atoms with E-state index in [0.717, 1.165) is 22.9 Å². The Bertz CT molecular complexity index is 1090.